The van der Waals surface area contributed by atoms with E-state index in [2.05, 4.69) is 0 Å². The van der Waals surface area contributed by atoms with Crippen molar-refractivity contribution in [2.45, 2.75) is 13.1 Å². The van der Waals surface area contributed by atoms with Crippen molar-refractivity contribution in [3.8, 4) is 11.5 Å². The Bertz CT molecular complexity index is 789. The molecule has 144 valence electrons. The van der Waals surface area contributed by atoms with Gasteiger partial charge in [0.2, 0.25) is 0 Å². The summed E-state index contributed by atoms with van der Waals surface area (Å²) in [5, 5.41) is 11.2. The van der Waals surface area contributed by atoms with E-state index < -0.39 is 0 Å². The van der Waals surface area contributed by atoms with Gasteiger partial charge >= 0.3 is 0 Å². The number of nitrogens with one attached hydrogen (secondary N) is 2. The van der Waals surface area contributed by atoms with Crippen molar-refractivity contribution in [1.82, 2.24) is 0 Å². The van der Waals surface area contributed by atoms with E-state index >= 15 is 0 Å². The molecule has 27 heavy (non-hydrogen) atoms. The van der Waals surface area contributed by atoms with E-state index in [0.29, 0.717) is 6.54 Å². The van der Waals surface area contributed by atoms with E-state index in [1.807, 2.05) is 30.3 Å². The van der Waals surface area contributed by atoms with Crippen LogP contribution in [0.25, 0.3) is 0 Å². The first-order chi connectivity index (χ1) is 13.1. The monoisotopic (exact) mass is 373 g/mol. The van der Waals surface area contributed by atoms with Crippen LogP contribution in [0.3, 0.4) is 0 Å². The van der Waals surface area contributed by atoms with Crippen LogP contribution in [0.2, 0.25) is 0 Å². The van der Waals surface area contributed by atoms with E-state index in [1.165, 1.54) is 9.80 Å². The van der Waals surface area contributed by atoms with Crippen LogP contribution in [0.15, 0.2) is 42.5 Å². The molecule has 1 saturated heterocycles. The Morgan fingerprint density at radius 3 is 2.15 bits per heavy atom. The molecule has 0 atom stereocenters. The van der Waals surface area contributed by atoms with Gasteiger partial charge in [0.25, 0.3) is 5.69 Å². The summed E-state index contributed by atoms with van der Waals surface area (Å²) in [6, 6.07) is 12.9. The van der Waals surface area contributed by atoms with E-state index in [4.69, 9.17) is 9.47 Å². The number of piperazine rings is 1. The van der Waals surface area contributed by atoms with Gasteiger partial charge in [-0.3, -0.25) is 10.1 Å². The van der Waals surface area contributed by atoms with Crippen LogP contribution in [0.5, 0.6) is 11.5 Å². The van der Waals surface area contributed by atoms with Crippen LogP contribution in [-0.2, 0) is 13.1 Å². The summed E-state index contributed by atoms with van der Waals surface area (Å²) < 4.78 is 10.8. The van der Waals surface area contributed by atoms with Gasteiger partial charge in [-0.2, -0.15) is 0 Å². The average Bonchev–Trinajstić information content (AvgIpc) is 2.69. The molecule has 1 fully saturated rings. The van der Waals surface area contributed by atoms with Gasteiger partial charge in [-0.05, 0) is 24.3 Å². The lowest BCUT2D eigenvalue weighted by Gasteiger charge is -2.30. The van der Waals surface area contributed by atoms with Gasteiger partial charge in [0.1, 0.15) is 50.8 Å². The van der Waals surface area contributed by atoms with Crippen LogP contribution in [-0.4, -0.2) is 45.3 Å². The predicted molar refractivity (Wildman–Crippen MR) is 101 cm³/mol. The lowest BCUT2D eigenvalue weighted by molar-refractivity contribution is -1.02. The summed E-state index contributed by atoms with van der Waals surface area (Å²) >= 11 is 0. The molecule has 0 aliphatic carbocycles. The van der Waals surface area contributed by atoms with Crippen LogP contribution < -0.4 is 19.3 Å². The lowest BCUT2D eigenvalue weighted by Crippen LogP contribution is -3.27. The molecule has 7 heteroatoms. The summed E-state index contributed by atoms with van der Waals surface area (Å²) in [6.07, 6.45) is 0. The minimum atomic E-state index is -0.286. The molecule has 0 bridgehead atoms. The Labute approximate surface area is 159 Å². The van der Waals surface area contributed by atoms with Crippen molar-refractivity contribution < 1.29 is 24.2 Å². The number of hydrogen-bond acceptors (Lipinski definition) is 4. The molecule has 7 nitrogen and oxygen atoms in total. The molecule has 0 amide bonds. The molecule has 0 saturated carbocycles. The van der Waals surface area contributed by atoms with Gasteiger partial charge in [0, 0.05) is 6.07 Å². The van der Waals surface area contributed by atoms with Crippen molar-refractivity contribution in [3.05, 3.63) is 63.7 Å². The summed E-state index contributed by atoms with van der Waals surface area (Å²) in [6.45, 7) is 5.63. The van der Waals surface area contributed by atoms with Crippen LogP contribution >= 0.6 is 0 Å². The molecular weight excluding hydrogens is 346 g/mol. The predicted octanol–water partition coefficient (Wildman–Crippen LogP) is 0.0956. The fraction of sp³-hybridized carbons (Fsp3) is 0.400. The normalized spacial score (nSPS) is 19.5. The van der Waals surface area contributed by atoms with Gasteiger partial charge in [-0.25, -0.2) is 0 Å². The van der Waals surface area contributed by atoms with Crippen LogP contribution in [0, 0.1) is 10.1 Å². The molecule has 0 aromatic heterocycles. The third kappa shape index (κ3) is 4.75. The van der Waals surface area contributed by atoms with Gasteiger partial charge in [-0.15, -0.1) is 0 Å². The first-order valence-electron chi connectivity index (χ1n) is 9.21. The van der Waals surface area contributed by atoms with Crippen LogP contribution in [0.1, 0.15) is 11.1 Å². The zero-order valence-corrected chi connectivity index (χ0v) is 15.9. The number of nitrogens with zero attached hydrogens (tertiary/aromatic N) is 1. The molecule has 1 heterocycles. The molecule has 1 aliphatic heterocycles. The second-order valence-corrected chi connectivity index (χ2v) is 6.92. The van der Waals surface area contributed by atoms with Gasteiger partial charge in [0.15, 0.2) is 0 Å². The first-order valence-corrected chi connectivity index (χ1v) is 9.21. The number of quaternary nitrogens is 2. The number of nitro groups is 1. The van der Waals surface area contributed by atoms with Crippen molar-refractivity contribution in [2.75, 3.05) is 40.4 Å². The van der Waals surface area contributed by atoms with Crippen molar-refractivity contribution >= 4 is 5.69 Å². The van der Waals surface area contributed by atoms with E-state index in [1.54, 1.807) is 26.4 Å². The molecule has 1 aliphatic rings. The highest BCUT2D eigenvalue weighted by Gasteiger charge is 2.26. The van der Waals surface area contributed by atoms with Gasteiger partial charge in [-0.1, -0.05) is 12.1 Å². The highest BCUT2D eigenvalue weighted by atomic mass is 16.6. The molecule has 2 N–H and O–H groups in total. The van der Waals surface area contributed by atoms with Gasteiger partial charge in [0.05, 0.1) is 30.3 Å². The smallest absolute Gasteiger partial charge is 0.278 e. The Morgan fingerprint density at radius 2 is 1.56 bits per heavy atom. The zero-order valence-electron chi connectivity index (χ0n) is 15.9. The maximum Gasteiger partial charge on any atom is 0.278 e. The quantitative estimate of drug-likeness (QED) is 0.533. The van der Waals surface area contributed by atoms with Crippen molar-refractivity contribution in [2.24, 2.45) is 0 Å². The Kier molecular flexibility index (Phi) is 6.26. The summed E-state index contributed by atoms with van der Waals surface area (Å²) in [4.78, 5) is 13.8. The van der Waals surface area contributed by atoms with Gasteiger partial charge < -0.3 is 19.3 Å². The maximum atomic E-state index is 11.2. The summed E-state index contributed by atoms with van der Waals surface area (Å²) in [5.74, 6) is 1.73. The van der Waals surface area contributed by atoms with E-state index in [9.17, 15) is 10.1 Å². The fourth-order valence-corrected chi connectivity index (χ4v) is 3.71. The first kappa shape index (κ1) is 19.1. The number of nitro benzene ring substituents is 1. The fourth-order valence-electron chi connectivity index (χ4n) is 3.71. The number of benzene rings is 2. The molecule has 0 spiro atoms. The SMILES string of the molecule is COc1ccc(OC)c(C[NH+]2CC[NH+](Cc3ccccc3[N+](=O)[O-])CC2)c1. The van der Waals surface area contributed by atoms with E-state index in [0.717, 1.165) is 55.3 Å². The standard InChI is InChI=1S/C20H25N3O4/c1-26-18-7-8-20(27-2)17(13-18)15-22-11-9-21(10-12-22)14-16-5-3-4-6-19(16)23(24)25/h3-8,13H,9-12,14-15H2,1-2H3/p+2. The molecule has 2 aromatic carbocycles. The second kappa shape index (κ2) is 8.83. The summed E-state index contributed by atoms with van der Waals surface area (Å²) in [7, 11) is 3.36. The number of rotatable bonds is 7. The largest absolute Gasteiger partial charge is 0.497 e. The Hall–Kier alpha value is -2.64. The van der Waals surface area contributed by atoms with Crippen molar-refractivity contribution in [1.29, 1.82) is 0 Å². The summed E-state index contributed by atoms with van der Waals surface area (Å²) in [5.41, 5.74) is 2.19. The van der Waals surface area contributed by atoms with E-state index in [-0.39, 0.29) is 10.6 Å². The molecule has 3 rings (SSSR count). The number of methoxy groups -OCH3 is 2. The number of para-hydroxylation sites is 1. The third-order valence-corrected chi connectivity index (χ3v) is 5.22. The third-order valence-electron chi connectivity index (χ3n) is 5.22. The number of ether oxygens (including phenoxy) is 2. The lowest BCUT2D eigenvalue weighted by atomic mass is 10.1. The highest BCUT2D eigenvalue weighted by Crippen LogP contribution is 2.23. The maximum absolute atomic E-state index is 11.2. The molecular formula is C20H27N3O4+2. The molecule has 0 radical (unpaired) electrons. The average molecular weight is 373 g/mol. The highest BCUT2D eigenvalue weighted by molar-refractivity contribution is 5.40. The Morgan fingerprint density at radius 1 is 0.926 bits per heavy atom. The Balaban J connectivity index is 1.59. The molecule has 2 aromatic rings. The minimum absolute atomic E-state index is 0.223. The number of hydrogen-bond donors (Lipinski definition) is 2. The topological polar surface area (TPSA) is 70.5 Å². The molecule has 0 unspecified atom stereocenters. The second-order valence-electron chi connectivity index (χ2n) is 6.92. The zero-order chi connectivity index (χ0) is 19.2. The van der Waals surface area contributed by atoms with Crippen LogP contribution in [0.4, 0.5) is 5.69 Å². The minimum Gasteiger partial charge on any atom is -0.497 e. The van der Waals surface area contributed by atoms with Crippen molar-refractivity contribution in [3.63, 3.8) is 0 Å².